The van der Waals surface area contributed by atoms with E-state index >= 15 is 0 Å². The first-order valence-corrected chi connectivity index (χ1v) is 15.5. The van der Waals surface area contributed by atoms with Gasteiger partial charge in [-0.2, -0.15) is 0 Å². The number of aromatic hydroxyl groups is 1. The number of hydrogen-bond acceptors (Lipinski definition) is 10. The van der Waals surface area contributed by atoms with E-state index in [4.69, 9.17) is 4.74 Å². The molecule has 5 atom stereocenters. The number of carbonyl (C=O) groups is 3. The molecule has 6 rings (SSSR count). The Labute approximate surface area is 265 Å². The van der Waals surface area contributed by atoms with Crippen molar-refractivity contribution < 1.29 is 34.4 Å². The second-order valence-corrected chi connectivity index (χ2v) is 12.4. The van der Waals surface area contributed by atoms with Gasteiger partial charge < -0.3 is 36.0 Å². The van der Waals surface area contributed by atoms with E-state index in [2.05, 4.69) is 43.3 Å². The van der Waals surface area contributed by atoms with Gasteiger partial charge in [-0.05, 0) is 42.7 Å². The van der Waals surface area contributed by atoms with Crippen LogP contribution < -0.4 is 16.0 Å². The monoisotopic (exact) mass is 633 g/mol. The SMILES string of the molecule is O=C1CC2(CCN(Cc3ccccc3)CC2)NC(=O)C[C@@H]2O[C@H](CNC(=O)[C@@H](Cc3cn(-c4ccc(O)cc4)nn3)N1)C(O)C2O. The number of aliphatic hydroxyl groups excluding tert-OH is 2. The topological polar surface area (TPSA) is 191 Å². The fourth-order valence-electron chi connectivity index (χ4n) is 6.44. The summed E-state index contributed by atoms with van der Waals surface area (Å²) < 4.78 is 7.33. The van der Waals surface area contributed by atoms with Gasteiger partial charge in [-0.15, -0.1) is 5.10 Å². The van der Waals surface area contributed by atoms with E-state index in [9.17, 15) is 29.7 Å². The van der Waals surface area contributed by atoms with Crippen molar-refractivity contribution in [1.29, 1.82) is 0 Å². The standard InChI is InChI=1S/C32H39N7O7/c40-23-8-6-22(7-9-23)39-19-21(36-37-39)14-24-31(45)33-17-26-30(44)29(43)25(46-26)15-27(41)35-32(16-28(42)34-24)10-12-38(13-11-32)18-20-4-2-1-3-5-20/h1-9,19,24-26,29-30,40,43-44H,10-18H2,(H,33,45)(H,34,42)(H,35,41)/t24-,25+,26-,29?,30?/m1/s1. The lowest BCUT2D eigenvalue weighted by molar-refractivity contribution is -0.133. The van der Waals surface area contributed by atoms with E-state index in [1.807, 2.05) is 18.2 Å². The molecule has 3 fully saturated rings. The Hall–Kier alpha value is -4.37. The summed E-state index contributed by atoms with van der Waals surface area (Å²) in [5.41, 5.74) is 1.36. The fraction of sp³-hybridized carbons (Fsp3) is 0.469. The minimum Gasteiger partial charge on any atom is -0.508 e. The number of nitrogens with one attached hydrogen (secondary N) is 3. The Morgan fingerprint density at radius 3 is 2.39 bits per heavy atom. The van der Waals surface area contributed by atoms with Gasteiger partial charge in [0.15, 0.2) is 0 Å². The van der Waals surface area contributed by atoms with Gasteiger partial charge in [0.05, 0.1) is 35.6 Å². The van der Waals surface area contributed by atoms with E-state index in [0.29, 0.717) is 37.3 Å². The first-order chi connectivity index (χ1) is 22.2. The Morgan fingerprint density at radius 1 is 0.935 bits per heavy atom. The highest BCUT2D eigenvalue weighted by Crippen LogP contribution is 2.29. The van der Waals surface area contributed by atoms with Gasteiger partial charge in [-0.25, -0.2) is 4.68 Å². The summed E-state index contributed by atoms with van der Waals surface area (Å²) >= 11 is 0. The number of rotatable bonds is 5. The van der Waals surface area contributed by atoms with Crippen LogP contribution in [0.3, 0.4) is 0 Å². The van der Waals surface area contributed by atoms with Crippen LogP contribution in [0.1, 0.15) is 36.9 Å². The minimum absolute atomic E-state index is 0.0131. The van der Waals surface area contributed by atoms with Crippen molar-refractivity contribution in [2.75, 3.05) is 19.6 Å². The predicted molar refractivity (Wildman–Crippen MR) is 163 cm³/mol. The van der Waals surface area contributed by atoms with E-state index in [1.54, 1.807) is 18.3 Å². The van der Waals surface area contributed by atoms with E-state index in [1.165, 1.54) is 22.4 Å². The Bertz CT molecular complexity index is 1530. The largest absolute Gasteiger partial charge is 0.508 e. The first kappa shape index (κ1) is 31.6. The van der Waals surface area contributed by atoms with Crippen LogP contribution in [0.5, 0.6) is 5.75 Å². The molecular formula is C32H39N7O7. The summed E-state index contributed by atoms with van der Waals surface area (Å²) in [5, 5.41) is 47.8. The summed E-state index contributed by atoms with van der Waals surface area (Å²) in [7, 11) is 0. The molecule has 14 heteroatoms. The molecule has 46 heavy (non-hydrogen) atoms. The summed E-state index contributed by atoms with van der Waals surface area (Å²) in [6, 6.07) is 15.4. The lowest BCUT2D eigenvalue weighted by Crippen LogP contribution is -2.59. The average Bonchev–Trinajstić information content (AvgIpc) is 3.61. The van der Waals surface area contributed by atoms with Crippen molar-refractivity contribution in [3.05, 3.63) is 72.1 Å². The quantitative estimate of drug-likeness (QED) is 0.215. The number of hydrogen-bond donors (Lipinski definition) is 6. The second-order valence-electron chi connectivity index (χ2n) is 12.4. The molecule has 3 aromatic rings. The predicted octanol–water partition coefficient (Wildman–Crippen LogP) is -0.450. The van der Waals surface area contributed by atoms with Crippen LogP contribution in [-0.4, -0.2) is 109 Å². The van der Waals surface area contributed by atoms with Gasteiger partial charge in [0, 0.05) is 39.0 Å². The number of piperidine rings is 1. The molecule has 14 nitrogen and oxygen atoms in total. The number of phenolic OH excluding ortho intramolecular Hbond substituents is 1. The minimum atomic E-state index is -1.31. The molecule has 2 bridgehead atoms. The van der Waals surface area contributed by atoms with Crippen molar-refractivity contribution in [3.8, 4) is 11.4 Å². The van der Waals surface area contributed by atoms with Crippen molar-refractivity contribution >= 4 is 17.7 Å². The molecule has 3 saturated heterocycles. The van der Waals surface area contributed by atoms with Crippen LogP contribution in [0.2, 0.25) is 0 Å². The Balaban J connectivity index is 1.21. The number of phenols is 1. The molecule has 1 aromatic heterocycles. The third kappa shape index (κ3) is 7.36. The highest BCUT2D eigenvalue weighted by atomic mass is 16.5. The number of likely N-dealkylation sites (tertiary alicyclic amines) is 1. The summed E-state index contributed by atoms with van der Waals surface area (Å²) in [5.74, 6) is -1.20. The summed E-state index contributed by atoms with van der Waals surface area (Å²) in [6.45, 7) is 1.88. The number of fused-ring (bicyclic) bond motifs is 2. The maximum Gasteiger partial charge on any atom is 0.243 e. The van der Waals surface area contributed by atoms with Gasteiger partial charge in [-0.3, -0.25) is 19.3 Å². The molecule has 0 aliphatic carbocycles. The lowest BCUT2D eigenvalue weighted by Gasteiger charge is -2.42. The van der Waals surface area contributed by atoms with E-state index in [-0.39, 0.29) is 37.5 Å². The molecule has 0 radical (unpaired) electrons. The molecule has 0 saturated carbocycles. The van der Waals surface area contributed by atoms with Crippen molar-refractivity contribution in [2.45, 2.75) is 74.6 Å². The summed E-state index contributed by atoms with van der Waals surface area (Å²) in [6.07, 6.45) is -2.14. The van der Waals surface area contributed by atoms with Gasteiger partial charge in [0.25, 0.3) is 0 Å². The molecule has 1 spiro atoms. The first-order valence-electron chi connectivity index (χ1n) is 15.5. The maximum absolute atomic E-state index is 13.6. The van der Waals surface area contributed by atoms with Crippen molar-refractivity contribution in [2.24, 2.45) is 0 Å². The van der Waals surface area contributed by atoms with Crippen molar-refractivity contribution in [3.63, 3.8) is 0 Å². The molecule has 3 aliphatic heterocycles. The zero-order valence-corrected chi connectivity index (χ0v) is 25.3. The molecule has 2 unspecified atom stereocenters. The lowest BCUT2D eigenvalue weighted by atomic mass is 9.83. The zero-order chi connectivity index (χ0) is 32.3. The van der Waals surface area contributed by atoms with E-state index in [0.717, 1.165) is 6.54 Å². The smallest absolute Gasteiger partial charge is 0.243 e. The Kier molecular flexibility index (Phi) is 9.31. The van der Waals surface area contributed by atoms with Gasteiger partial charge in [0.1, 0.15) is 30.1 Å². The van der Waals surface area contributed by atoms with Crippen LogP contribution in [0.15, 0.2) is 60.8 Å². The normalized spacial score (nSPS) is 27.4. The zero-order valence-electron chi connectivity index (χ0n) is 25.3. The molecular weight excluding hydrogens is 594 g/mol. The van der Waals surface area contributed by atoms with Gasteiger partial charge in [-0.1, -0.05) is 35.5 Å². The number of carbonyl (C=O) groups excluding carboxylic acids is 3. The van der Waals surface area contributed by atoms with Gasteiger partial charge in [0.2, 0.25) is 17.7 Å². The van der Waals surface area contributed by atoms with Crippen LogP contribution in [-0.2, 0) is 32.1 Å². The number of benzene rings is 2. The van der Waals surface area contributed by atoms with E-state index < -0.39 is 47.8 Å². The number of aromatic nitrogens is 3. The fourth-order valence-corrected chi connectivity index (χ4v) is 6.44. The van der Waals surface area contributed by atoms with Crippen LogP contribution >= 0.6 is 0 Å². The van der Waals surface area contributed by atoms with Crippen LogP contribution in [0, 0.1) is 0 Å². The number of amides is 3. The second kappa shape index (κ2) is 13.5. The molecule has 2 aromatic carbocycles. The third-order valence-corrected chi connectivity index (χ3v) is 9.01. The molecule has 6 N–H and O–H groups in total. The van der Waals surface area contributed by atoms with Crippen LogP contribution in [0.25, 0.3) is 5.69 Å². The van der Waals surface area contributed by atoms with Crippen LogP contribution in [0.4, 0.5) is 0 Å². The highest BCUT2D eigenvalue weighted by Gasteiger charge is 2.45. The number of ether oxygens (including phenoxy) is 1. The number of nitrogens with zero attached hydrogens (tertiary/aromatic N) is 4. The maximum atomic E-state index is 13.6. The average molecular weight is 634 g/mol. The summed E-state index contributed by atoms with van der Waals surface area (Å²) in [4.78, 5) is 42.7. The molecule has 3 aliphatic rings. The highest BCUT2D eigenvalue weighted by molar-refractivity contribution is 5.88. The molecule has 3 amide bonds. The third-order valence-electron chi connectivity index (χ3n) is 9.01. The van der Waals surface area contributed by atoms with Crippen molar-refractivity contribution in [1.82, 2.24) is 35.8 Å². The number of aliphatic hydroxyl groups is 2. The Morgan fingerprint density at radius 2 is 1.65 bits per heavy atom. The van der Waals surface area contributed by atoms with Gasteiger partial charge >= 0.3 is 0 Å². The molecule has 244 valence electrons. The molecule has 4 heterocycles.